The molecular weight excluding hydrogens is 190 g/mol. The first-order chi connectivity index (χ1) is 7.06. The van der Waals surface area contributed by atoms with Gasteiger partial charge in [0.05, 0.1) is 39.7 Å². The lowest BCUT2D eigenvalue weighted by Crippen LogP contribution is -2.52. The van der Waals surface area contributed by atoms with Gasteiger partial charge in [-0.2, -0.15) is 0 Å². The minimum absolute atomic E-state index is 0.0499. The molecule has 1 aliphatic carbocycles. The van der Waals surface area contributed by atoms with E-state index in [0.717, 1.165) is 23.5 Å². The number of carbonyl (C=O) groups is 1. The lowest BCUT2D eigenvalue weighted by molar-refractivity contribution is -0.920. The van der Waals surface area contributed by atoms with Crippen molar-refractivity contribution in [2.24, 2.45) is 0 Å². The Hall–Kier alpha value is -0.570. The van der Waals surface area contributed by atoms with E-state index < -0.39 is 0 Å². The van der Waals surface area contributed by atoms with E-state index in [2.05, 4.69) is 14.1 Å². The minimum Gasteiger partial charge on any atom is -0.466 e. The topological polar surface area (TPSA) is 26.3 Å². The molecule has 0 aromatic heterocycles. The van der Waals surface area contributed by atoms with Crippen molar-refractivity contribution < 1.29 is 14.0 Å². The standard InChI is InChI=1S/C12H24NO2/c1-4-15-12(14)9-6-10-13(2,3)11-7-5-8-11/h11H,4-10H2,1-3H3/q+1. The number of nitrogens with zero attached hydrogens (tertiary/aromatic N) is 1. The molecule has 1 fully saturated rings. The molecule has 0 bridgehead atoms. The van der Waals surface area contributed by atoms with Gasteiger partial charge in [-0.1, -0.05) is 0 Å². The van der Waals surface area contributed by atoms with E-state index in [4.69, 9.17) is 4.74 Å². The fourth-order valence-corrected chi connectivity index (χ4v) is 2.13. The first-order valence-electron chi connectivity index (χ1n) is 6.04. The molecule has 0 unspecified atom stereocenters. The van der Waals surface area contributed by atoms with Gasteiger partial charge >= 0.3 is 5.97 Å². The number of ether oxygens (including phenoxy) is 1. The zero-order valence-corrected chi connectivity index (χ0v) is 10.3. The number of esters is 1. The van der Waals surface area contributed by atoms with Crippen LogP contribution in [-0.4, -0.2) is 43.7 Å². The molecule has 0 radical (unpaired) electrons. The third kappa shape index (κ3) is 3.82. The molecule has 1 aliphatic rings. The van der Waals surface area contributed by atoms with Crippen molar-refractivity contribution >= 4 is 5.97 Å². The summed E-state index contributed by atoms with van der Waals surface area (Å²) in [5.74, 6) is -0.0499. The summed E-state index contributed by atoms with van der Waals surface area (Å²) in [5.41, 5.74) is 0. The summed E-state index contributed by atoms with van der Waals surface area (Å²) in [6.45, 7) is 3.44. The van der Waals surface area contributed by atoms with Crippen LogP contribution in [0, 0.1) is 0 Å². The van der Waals surface area contributed by atoms with Crippen molar-refractivity contribution in [2.45, 2.75) is 45.1 Å². The van der Waals surface area contributed by atoms with Crippen molar-refractivity contribution in [1.82, 2.24) is 0 Å². The Morgan fingerprint density at radius 3 is 2.53 bits per heavy atom. The maximum absolute atomic E-state index is 11.2. The summed E-state index contributed by atoms with van der Waals surface area (Å²) in [6, 6.07) is 0.826. The van der Waals surface area contributed by atoms with Gasteiger partial charge in [-0.25, -0.2) is 0 Å². The van der Waals surface area contributed by atoms with Crippen molar-refractivity contribution in [2.75, 3.05) is 27.2 Å². The molecule has 88 valence electrons. The van der Waals surface area contributed by atoms with Gasteiger partial charge in [-0.05, 0) is 26.2 Å². The Bertz CT molecular complexity index is 210. The van der Waals surface area contributed by atoms with E-state index in [0.29, 0.717) is 13.0 Å². The number of rotatable bonds is 6. The smallest absolute Gasteiger partial charge is 0.305 e. The average molecular weight is 214 g/mol. The largest absolute Gasteiger partial charge is 0.466 e. The van der Waals surface area contributed by atoms with Crippen LogP contribution >= 0.6 is 0 Å². The van der Waals surface area contributed by atoms with Crippen LogP contribution in [0.25, 0.3) is 0 Å². The van der Waals surface area contributed by atoms with Gasteiger partial charge < -0.3 is 9.22 Å². The third-order valence-corrected chi connectivity index (χ3v) is 3.48. The Morgan fingerprint density at radius 2 is 2.07 bits per heavy atom. The van der Waals surface area contributed by atoms with Gasteiger partial charge in [-0.15, -0.1) is 0 Å². The highest BCUT2D eigenvalue weighted by atomic mass is 16.5. The van der Waals surface area contributed by atoms with Gasteiger partial charge in [0.2, 0.25) is 0 Å². The van der Waals surface area contributed by atoms with Crippen LogP contribution in [-0.2, 0) is 9.53 Å². The quantitative estimate of drug-likeness (QED) is 0.499. The molecule has 0 amide bonds. The van der Waals surface area contributed by atoms with Crippen LogP contribution in [0.2, 0.25) is 0 Å². The van der Waals surface area contributed by atoms with Crippen molar-refractivity contribution in [3.05, 3.63) is 0 Å². The average Bonchev–Trinajstić information content (AvgIpc) is 1.99. The van der Waals surface area contributed by atoms with Crippen LogP contribution in [0.15, 0.2) is 0 Å². The van der Waals surface area contributed by atoms with Crippen LogP contribution in [0.1, 0.15) is 39.0 Å². The fraction of sp³-hybridized carbons (Fsp3) is 0.917. The highest BCUT2D eigenvalue weighted by molar-refractivity contribution is 5.69. The highest BCUT2D eigenvalue weighted by Crippen LogP contribution is 2.28. The summed E-state index contributed by atoms with van der Waals surface area (Å²) in [7, 11) is 4.55. The van der Waals surface area contributed by atoms with E-state index >= 15 is 0 Å². The highest BCUT2D eigenvalue weighted by Gasteiger charge is 2.33. The van der Waals surface area contributed by atoms with Crippen LogP contribution in [0.5, 0.6) is 0 Å². The molecule has 3 nitrogen and oxygen atoms in total. The Kier molecular flexibility index (Phi) is 4.58. The Labute approximate surface area is 93.0 Å². The molecular formula is C12H24NO2+. The zero-order chi connectivity index (χ0) is 11.3. The van der Waals surface area contributed by atoms with Gasteiger partial charge in [0, 0.05) is 6.42 Å². The maximum atomic E-state index is 11.2. The van der Waals surface area contributed by atoms with Gasteiger partial charge in [0.1, 0.15) is 0 Å². The van der Waals surface area contributed by atoms with Crippen LogP contribution < -0.4 is 0 Å². The second-order valence-electron chi connectivity index (χ2n) is 5.00. The first-order valence-corrected chi connectivity index (χ1v) is 6.04. The van der Waals surface area contributed by atoms with Crippen molar-refractivity contribution in [3.8, 4) is 0 Å². The molecule has 0 aliphatic heterocycles. The normalized spacial score (nSPS) is 17.3. The maximum Gasteiger partial charge on any atom is 0.305 e. The predicted molar refractivity (Wildman–Crippen MR) is 60.5 cm³/mol. The van der Waals surface area contributed by atoms with Gasteiger partial charge in [0.25, 0.3) is 0 Å². The zero-order valence-electron chi connectivity index (χ0n) is 10.3. The van der Waals surface area contributed by atoms with E-state index in [1.807, 2.05) is 6.92 Å². The van der Waals surface area contributed by atoms with Crippen molar-refractivity contribution in [1.29, 1.82) is 0 Å². The van der Waals surface area contributed by atoms with E-state index in [9.17, 15) is 4.79 Å². The number of hydrogen-bond donors (Lipinski definition) is 0. The Balaban J connectivity index is 2.15. The van der Waals surface area contributed by atoms with E-state index in [1.165, 1.54) is 19.3 Å². The number of hydrogen-bond acceptors (Lipinski definition) is 2. The second-order valence-corrected chi connectivity index (χ2v) is 5.00. The molecule has 15 heavy (non-hydrogen) atoms. The predicted octanol–water partition coefficient (Wildman–Crippen LogP) is 1.96. The summed E-state index contributed by atoms with van der Waals surface area (Å²) >= 11 is 0. The monoisotopic (exact) mass is 214 g/mol. The van der Waals surface area contributed by atoms with E-state index in [-0.39, 0.29) is 5.97 Å². The van der Waals surface area contributed by atoms with Crippen LogP contribution in [0.4, 0.5) is 0 Å². The molecule has 0 spiro atoms. The molecule has 3 heteroatoms. The Morgan fingerprint density at radius 1 is 1.40 bits per heavy atom. The van der Waals surface area contributed by atoms with Gasteiger partial charge in [-0.3, -0.25) is 4.79 Å². The molecule has 0 saturated heterocycles. The molecule has 0 N–H and O–H groups in total. The number of quaternary nitrogens is 1. The first kappa shape index (κ1) is 12.5. The molecule has 0 heterocycles. The molecule has 1 saturated carbocycles. The minimum atomic E-state index is -0.0499. The van der Waals surface area contributed by atoms with E-state index in [1.54, 1.807) is 0 Å². The summed E-state index contributed by atoms with van der Waals surface area (Å²) in [6.07, 6.45) is 5.60. The summed E-state index contributed by atoms with van der Waals surface area (Å²) in [4.78, 5) is 11.2. The summed E-state index contributed by atoms with van der Waals surface area (Å²) < 4.78 is 5.98. The molecule has 1 rings (SSSR count). The second kappa shape index (κ2) is 5.50. The lowest BCUT2D eigenvalue weighted by Gasteiger charge is -2.43. The number of carbonyl (C=O) groups excluding carboxylic acids is 1. The molecule has 0 atom stereocenters. The fourth-order valence-electron chi connectivity index (χ4n) is 2.13. The van der Waals surface area contributed by atoms with Crippen molar-refractivity contribution in [3.63, 3.8) is 0 Å². The molecule has 0 aromatic rings. The lowest BCUT2D eigenvalue weighted by atomic mass is 9.90. The summed E-state index contributed by atoms with van der Waals surface area (Å²) in [5, 5.41) is 0. The van der Waals surface area contributed by atoms with Gasteiger partial charge in [0.15, 0.2) is 0 Å². The van der Waals surface area contributed by atoms with Crippen LogP contribution in [0.3, 0.4) is 0 Å². The SMILES string of the molecule is CCOC(=O)CCC[N+](C)(C)C1CCC1. The third-order valence-electron chi connectivity index (χ3n) is 3.48. The molecule has 0 aromatic carbocycles.